The van der Waals surface area contributed by atoms with Crippen molar-refractivity contribution in [2.75, 3.05) is 12.0 Å². The van der Waals surface area contributed by atoms with Crippen LogP contribution in [0, 0.1) is 5.92 Å². The van der Waals surface area contributed by atoms with E-state index in [4.69, 9.17) is 5.11 Å². The van der Waals surface area contributed by atoms with E-state index in [2.05, 4.69) is 0 Å². The van der Waals surface area contributed by atoms with Crippen molar-refractivity contribution in [3.05, 3.63) is 35.4 Å². The van der Waals surface area contributed by atoms with E-state index in [0.717, 1.165) is 11.1 Å². The van der Waals surface area contributed by atoms with Crippen LogP contribution in [0.3, 0.4) is 0 Å². The molecule has 0 saturated carbocycles. The highest BCUT2D eigenvalue weighted by Gasteiger charge is 2.17. The lowest BCUT2D eigenvalue weighted by atomic mass is 9.92. The Morgan fingerprint density at radius 1 is 1.44 bits per heavy atom. The summed E-state index contributed by atoms with van der Waals surface area (Å²) < 4.78 is 0. The number of hydrogen-bond donors (Lipinski definition) is 1. The predicted octanol–water partition coefficient (Wildman–Crippen LogP) is 2.30. The lowest BCUT2D eigenvalue weighted by Crippen LogP contribution is -2.11. The maximum absolute atomic E-state index is 10.7. The molecule has 0 amide bonds. The zero-order valence-corrected chi connectivity index (χ0v) is 10.1. The lowest BCUT2D eigenvalue weighted by molar-refractivity contribution is -0.140. The number of rotatable bonds is 3. The largest absolute Gasteiger partial charge is 0.481 e. The molecule has 0 aromatic heterocycles. The molecule has 3 rings (SSSR count). The van der Waals surface area contributed by atoms with Gasteiger partial charge in [-0.05, 0) is 12.3 Å². The minimum absolute atomic E-state index is 0.201. The van der Waals surface area contributed by atoms with Crippen LogP contribution in [0.15, 0.2) is 24.3 Å². The summed E-state index contributed by atoms with van der Waals surface area (Å²) in [5, 5.41) is 8.30. The van der Waals surface area contributed by atoms with Gasteiger partial charge in [-0.3, -0.25) is 9.59 Å². The van der Waals surface area contributed by atoms with Crippen molar-refractivity contribution in [1.29, 1.82) is 0 Å². The molecule has 0 heterocycles. The first kappa shape index (κ1) is 12.8. The maximum atomic E-state index is 10.7. The molecule has 1 N–H and O–H groups in total. The monoisotopic (exact) mass is 238 g/mol. The van der Waals surface area contributed by atoms with E-state index in [1.165, 1.54) is 0 Å². The van der Waals surface area contributed by atoms with Gasteiger partial charge in [-0.2, -0.15) is 11.8 Å². The first-order chi connectivity index (χ1) is 7.56. The third-order valence-corrected chi connectivity index (χ3v) is 3.06. The highest BCUT2D eigenvalue weighted by molar-refractivity contribution is 7.98. The highest BCUT2D eigenvalue weighted by Crippen LogP contribution is 2.19. The minimum atomic E-state index is -0.709. The van der Waals surface area contributed by atoms with Gasteiger partial charge < -0.3 is 5.11 Å². The summed E-state index contributed by atoms with van der Waals surface area (Å²) in [5.74, 6) is -0.00755. The Morgan fingerprint density at radius 2 is 2.00 bits per heavy atom. The molecule has 4 heteroatoms. The summed E-state index contributed by atoms with van der Waals surface area (Å²) in [5.41, 5.74) is 1.70. The molecule has 16 heavy (non-hydrogen) atoms. The molecule has 1 aromatic carbocycles. The third kappa shape index (κ3) is 3.10. The van der Waals surface area contributed by atoms with Crippen molar-refractivity contribution in [2.45, 2.75) is 6.92 Å². The van der Waals surface area contributed by atoms with Gasteiger partial charge in [0.25, 0.3) is 0 Å². The Labute approximate surface area is 98.9 Å². The number of aliphatic carboxylic acids is 1. The van der Waals surface area contributed by atoms with Gasteiger partial charge in [0.05, 0.1) is 5.92 Å². The first-order valence-corrected chi connectivity index (χ1v) is 6.32. The van der Waals surface area contributed by atoms with Crippen LogP contribution >= 0.6 is 11.8 Å². The van der Waals surface area contributed by atoms with E-state index >= 15 is 0 Å². The molecule has 2 aliphatic rings. The number of hydrogen-bond acceptors (Lipinski definition) is 3. The summed E-state index contributed by atoms with van der Waals surface area (Å²) in [4.78, 5) is 20.7. The molecule has 2 bridgehead atoms. The van der Waals surface area contributed by atoms with Crippen molar-refractivity contribution in [1.82, 2.24) is 0 Å². The molecule has 1 aromatic rings. The number of carboxylic acids is 1. The number of carboxylic acid groups (broad SMARTS) is 1. The number of fused-ring (bicyclic) bond motifs is 2. The van der Waals surface area contributed by atoms with Gasteiger partial charge in [-0.15, -0.1) is 0 Å². The average Bonchev–Trinajstić information content (AvgIpc) is 2.30. The van der Waals surface area contributed by atoms with Crippen molar-refractivity contribution >= 4 is 23.5 Å². The number of carbonyl (C=O) groups is 2. The second kappa shape index (κ2) is 5.70. The summed E-state index contributed by atoms with van der Waals surface area (Å²) >= 11 is 1.56. The third-order valence-electron chi connectivity index (χ3n) is 2.23. The van der Waals surface area contributed by atoms with Gasteiger partial charge in [0.15, 0.2) is 5.78 Å². The van der Waals surface area contributed by atoms with Crippen LogP contribution in [0.5, 0.6) is 0 Å². The number of thioether (sulfide) groups is 1. The molecule has 2 aliphatic carbocycles. The molecular weight excluding hydrogens is 224 g/mol. The topological polar surface area (TPSA) is 54.4 Å². The smallest absolute Gasteiger partial charge is 0.307 e. The molecule has 3 nitrogen and oxygen atoms in total. The fraction of sp³-hybridized carbons (Fsp3) is 0.333. The average molecular weight is 238 g/mol. The standard InChI is InChI=1S/C7H4O.C5H10O2S/c8-7-5-2-1-3-6(7)4-5;1-4(3-8-2)5(6)7/h1-4H;4H,3H2,1-2H3,(H,6,7). The van der Waals surface area contributed by atoms with Crippen molar-refractivity contribution < 1.29 is 14.7 Å². The fourth-order valence-corrected chi connectivity index (χ4v) is 1.85. The van der Waals surface area contributed by atoms with Gasteiger partial charge in [-0.1, -0.05) is 25.1 Å². The zero-order valence-electron chi connectivity index (χ0n) is 9.27. The van der Waals surface area contributed by atoms with Gasteiger partial charge in [-0.25, -0.2) is 0 Å². The molecule has 0 spiro atoms. The molecule has 0 aliphatic heterocycles. The van der Waals surface area contributed by atoms with E-state index in [9.17, 15) is 9.59 Å². The van der Waals surface area contributed by atoms with Crippen LogP contribution in [0.4, 0.5) is 0 Å². The fourth-order valence-electron chi connectivity index (χ4n) is 1.21. The zero-order chi connectivity index (χ0) is 12.1. The Hall–Kier alpha value is -1.29. The molecule has 1 atom stereocenters. The SMILES string of the molecule is CSCC(C)C(=O)O.O=C1c2cccc1c2. The molecule has 0 fully saturated rings. The van der Waals surface area contributed by atoms with Crippen molar-refractivity contribution in [2.24, 2.45) is 5.92 Å². The second-order valence-corrected chi connectivity index (χ2v) is 4.52. The quantitative estimate of drug-likeness (QED) is 0.891. The minimum Gasteiger partial charge on any atom is -0.481 e. The number of benzene rings is 1. The molecule has 86 valence electrons. The molecule has 0 saturated heterocycles. The van der Waals surface area contributed by atoms with Crippen molar-refractivity contribution in [3.8, 4) is 0 Å². The van der Waals surface area contributed by atoms with Gasteiger partial charge in [0.1, 0.15) is 0 Å². The number of ketones is 1. The molecule has 1 unspecified atom stereocenters. The summed E-state index contributed by atoms with van der Waals surface area (Å²) in [6.45, 7) is 1.71. The Balaban J connectivity index is 0.000000160. The predicted molar refractivity (Wildman–Crippen MR) is 65.1 cm³/mol. The Bertz CT molecular complexity index is 372. The lowest BCUT2D eigenvalue weighted by Gasteiger charge is -2.10. The summed E-state index contributed by atoms with van der Waals surface area (Å²) in [6.07, 6.45) is 1.90. The van der Waals surface area contributed by atoms with E-state index in [1.54, 1.807) is 18.7 Å². The van der Waals surface area contributed by atoms with Crippen LogP contribution in [0.1, 0.15) is 22.8 Å². The number of carbonyl (C=O) groups excluding carboxylic acids is 1. The molecule has 0 radical (unpaired) electrons. The van der Waals surface area contributed by atoms with Crippen molar-refractivity contribution in [3.63, 3.8) is 0 Å². The van der Waals surface area contributed by atoms with Crippen LogP contribution in [0.25, 0.3) is 0 Å². The summed E-state index contributed by atoms with van der Waals surface area (Å²) in [6, 6.07) is 7.44. The maximum Gasteiger partial charge on any atom is 0.307 e. The Kier molecular flexibility index (Phi) is 4.55. The highest BCUT2D eigenvalue weighted by atomic mass is 32.2. The second-order valence-electron chi connectivity index (χ2n) is 3.60. The Morgan fingerprint density at radius 3 is 2.19 bits per heavy atom. The summed E-state index contributed by atoms with van der Waals surface area (Å²) in [7, 11) is 0. The van der Waals surface area contributed by atoms with Crippen LogP contribution in [-0.4, -0.2) is 28.9 Å². The van der Waals surface area contributed by atoms with Crippen LogP contribution in [-0.2, 0) is 4.79 Å². The first-order valence-electron chi connectivity index (χ1n) is 4.92. The van der Waals surface area contributed by atoms with E-state index in [-0.39, 0.29) is 11.7 Å². The van der Waals surface area contributed by atoms with Crippen LogP contribution in [0.2, 0.25) is 0 Å². The van der Waals surface area contributed by atoms with E-state index < -0.39 is 5.97 Å². The van der Waals surface area contributed by atoms with Gasteiger partial charge >= 0.3 is 5.97 Å². The van der Waals surface area contributed by atoms with E-state index in [0.29, 0.717) is 5.75 Å². The van der Waals surface area contributed by atoms with Gasteiger partial charge in [0.2, 0.25) is 0 Å². The van der Waals surface area contributed by atoms with Crippen LogP contribution < -0.4 is 0 Å². The van der Waals surface area contributed by atoms with Gasteiger partial charge in [0, 0.05) is 16.9 Å². The molecular formula is C12H14O3S. The van der Waals surface area contributed by atoms with E-state index in [1.807, 2.05) is 30.5 Å². The normalized spacial score (nSPS) is 13.2.